The molecule has 2 aromatic carbocycles. The molecule has 6 heteroatoms. The lowest BCUT2D eigenvalue weighted by molar-refractivity contribution is 0.102. The number of carbonyl (C=O) groups is 1. The highest BCUT2D eigenvalue weighted by Gasteiger charge is 2.16. The number of rotatable bonds is 4. The Hall–Kier alpha value is -2.37. The van der Waals surface area contributed by atoms with Gasteiger partial charge in [-0.1, -0.05) is 23.7 Å². The summed E-state index contributed by atoms with van der Waals surface area (Å²) >= 11 is 7.54. The minimum absolute atomic E-state index is 0.153. The summed E-state index contributed by atoms with van der Waals surface area (Å²) in [5.74, 6) is -0.153. The minimum Gasteiger partial charge on any atom is -0.348 e. The first-order valence-corrected chi connectivity index (χ1v) is 9.83. The van der Waals surface area contributed by atoms with Crippen LogP contribution in [0, 0.1) is 0 Å². The number of thiazole rings is 1. The molecular weight excluding hydrogens is 366 g/mol. The molecule has 0 aliphatic carbocycles. The molecule has 0 atom stereocenters. The Morgan fingerprint density at radius 1 is 1.04 bits per heavy atom. The summed E-state index contributed by atoms with van der Waals surface area (Å²) in [4.78, 5) is 19.4. The molecule has 1 aliphatic heterocycles. The second kappa shape index (κ2) is 7.48. The highest BCUT2D eigenvalue weighted by Crippen LogP contribution is 2.30. The van der Waals surface area contributed by atoms with Crippen LogP contribution in [0.1, 0.15) is 23.2 Å². The van der Waals surface area contributed by atoms with Gasteiger partial charge in [0.05, 0.1) is 5.69 Å². The van der Waals surface area contributed by atoms with Gasteiger partial charge in [-0.05, 0) is 49.2 Å². The lowest BCUT2D eigenvalue weighted by atomic mass is 10.1. The molecule has 2 heterocycles. The molecule has 0 bridgehead atoms. The molecule has 26 heavy (non-hydrogen) atoms. The minimum atomic E-state index is -0.153. The lowest BCUT2D eigenvalue weighted by Gasteiger charge is -2.12. The van der Waals surface area contributed by atoms with Crippen molar-refractivity contribution in [2.75, 3.05) is 23.3 Å². The molecule has 1 aliphatic rings. The van der Waals surface area contributed by atoms with E-state index in [-0.39, 0.29) is 5.91 Å². The Morgan fingerprint density at radius 3 is 2.42 bits per heavy atom. The van der Waals surface area contributed by atoms with Gasteiger partial charge in [-0.3, -0.25) is 4.79 Å². The maximum Gasteiger partial charge on any atom is 0.255 e. The first kappa shape index (κ1) is 17.1. The van der Waals surface area contributed by atoms with Gasteiger partial charge in [0, 0.05) is 40.3 Å². The molecule has 0 spiro atoms. The first-order valence-electron chi connectivity index (χ1n) is 8.57. The normalized spacial score (nSPS) is 13.8. The zero-order chi connectivity index (χ0) is 17.9. The fraction of sp³-hybridized carbons (Fsp3) is 0.200. The number of aromatic nitrogens is 1. The predicted molar refractivity (Wildman–Crippen MR) is 108 cm³/mol. The molecule has 1 fully saturated rings. The van der Waals surface area contributed by atoms with Crippen molar-refractivity contribution in [1.82, 2.24) is 4.98 Å². The molecule has 1 N–H and O–H groups in total. The third-order valence-electron chi connectivity index (χ3n) is 4.41. The molecule has 0 unspecified atom stereocenters. The number of hydrogen-bond acceptors (Lipinski definition) is 4. The van der Waals surface area contributed by atoms with Crippen LogP contribution in [0.3, 0.4) is 0 Å². The number of benzene rings is 2. The van der Waals surface area contributed by atoms with Gasteiger partial charge in [0.15, 0.2) is 5.13 Å². The van der Waals surface area contributed by atoms with Crippen LogP contribution in [0.5, 0.6) is 0 Å². The highest BCUT2D eigenvalue weighted by atomic mass is 35.5. The van der Waals surface area contributed by atoms with Crippen molar-refractivity contribution in [3.05, 3.63) is 64.5 Å². The number of amides is 1. The van der Waals surface area contributed by atoms with E-state index in [1.54, 1.807) is 35.6 Å². The molecule has 0 radical (unpaired) electrons. The van der Waals surface area contributed by atoms with Crippen molar-refractivity contribution >= 4 is 39.7 Å². The van der Waals surface area contributed by atoms with Crippen LogP contribution in [0.2, 0.25) is 5.02 Å². The summed E-state index contributed by atoms with van der Waals surface area (Å²) in [6.07, 6.45) is 2.49. The van der Waals surface area contributed by atoms with Crippen LogP contribution in [-0.2, 0) is 0 Å². The van der Waals surface area contributed by atoms with Gasteiger partial charge >= 0.3 is 0 Å². The fourth-order valence-corrected chi connectivity index (χ4v) is 3.99. The predicted octanol–water partition coefficient (Wildman–Crippen LogP) is 5.32. The smallest absolute Gasteiger partial charge is 0.255 e. The number of halogens is 1. The van der Waals surface area contributed by atoms with Crippen molar-refractivity contribution in [2.24, 2.45) is 0 Å². The van der Waals surface area contributed by atoms with Crippen molar-refractivity contribution in [2.45, 2.75) is 12.8 Å². The fourth-order valence-electron chi connectivity index (χ4n) is 2.98. The number of anilines is 2. The van der Waals surface area contributed by atoms with Crippen LogP contribution in [0.4, 0.5) is 10.8 Å². The summed E-state index contributed by atoms with van der Waals surface area (Å²) in [5.41, 5.74) is 3.36. The largest absolute Gasteiger partial charge is 0.348 e. The highest BCUT2D eigenvalue weighted by molar-refractivity contribution is 7.14. The van der Waals surface area contributed by atoms with E-state index in [0.717, 1.165) is 35.2 Å². The van der Waals surface area contributed by atoms with Crippen molar-refractivity contribution in [3.63, 3.8) is 0 Å². The van der Waals surface area contributed by atoms with Crippen LogP contribution in [-0.4, -0.2) is 24.0 Å². The molecule has 1 saturated heterocycles. The summed E-state index contributed by atoms with van der Waals surface area (Å²) in [5, 5.41) is 6.70. The molecule has 132 valence electrons. The quantitative estimate of drug-likeness (QED) is 0.663. The van der Waals surface area contributed by atoms with Crippen LogP contribution in [0.15, 0.2) is 53.9 Å². The third-order valence-corrected chi connectivity index (χ3v) is 5.57. The summed E-state index contributed by atoms with van der Waals surface area (Å²) in [7, 11) is 0. The Bertz CT molecular complexity index is 900. The second-order valence-electron chi connectivity index (χ2n) is 6.25. The lowest BCUT2D eigenvalue weighted by Crippen LogP contribution is -2.17. The molecule has 0 saturated carbocycles. The van der Waals surface area contributed by atoms with Gasteiger partial charge in [0.2, 0.25) is 0 Å². The Kier molecular flexibility index (Phi) is 4.91. The number of carbonyl (C=O) groups excluding carboxylic acids is 1. The van der Waals surface area contributed by atoms with E-state index in [4.69, 9.17) is 16.6 Å². The molecular formula is C20H18ClN3OS. The average molecular weight is 384 g/mol. The molecule has 4 nitrogen and oxygen atoms in total. The van der Waals surface area contributed by atoms with Gasteiger partial charge in [-0.15, -0.1) is 11.3 Å². The monoisotopic (exact) mass is 383 g/mol. The second-order valence-corrected chi connectivity index (χ2v) is 7.52. The third kappa shape index (κ3) is 3.74. The van der Waals surface area contributed by atoms with E-state index in [9.17, 15) is 4.79 Å². The van der Waals surface area contributed by atoms with Crippen molar-refractivity contribution in [3.8, 4) is 11.3 Å². The number of hydrogen-bond donors (Lipinski definition) is 1. The van der Waals surface area contributed by atoms with Gasteiger partial charge < -0.3 is 10.2 Å². The summed E-state index contributed by atoms with van der Waals surface area (Å²) in [6.45, 7) is 2.20. The van der Waals surface area contributed by atoms with E-state index >= 15 is 0 Å². The topological polar surface area (TPSA) is 45.2 Å². The first-order chi connectivity index (χ1) is 12.7. The maximum absolute atomic E-state index is 12.3. The van der Waals surface area contributed by atoms with Crippen molar-refractivity contribution in [1.29, 1.82) is 0 Å². The van der Waals surface area contributed by atoms with Crippen LogP contribution < -0.4 is 10.2 Å². The van der Waals surface area contributed by atoms with E-state index in [0.29, 0.717) is 10.6 Å². The Labute approximate surface area is 161 Å². The molecule has 3 aromatic rings. The van der Waals surface area contributed by atoms with Crippen molar-refractivity contribution < 1.29 is 4.79 Å². The average Bonchev–Trinajstić information content (AvgIpc) is 3.34. The standard InChI is InChI=1S/C20H18ClN3OS/c21-16-7-3-15(4-8-16)19(25)22-17-9-5-14(6-10-17)18-13-26-20(23-18)24-11-1-2-12-24/h3-10,13H,1-2,11-12H2,(H,22,25). The van der Waals surface area contributed by atoms with E-state index in [1.807, 2.05) is 24.3 Å². The molecule has 4 rings (SSSR count). The van der Waals surface area contributed by atoms with Gasteiger partial charge in [0.1, 0.15) is 0 Å². The van der Waals surface area contributed by atoms with Gasteiger partial charge in [0.25, 0.3) is 5.91 Å². The Balaban J connectivity index is 1.45. The number of nitrogens with zero attached hydrogens (tertiary/aromatic N) is 2. The Morgan fingerprint density at radius 2 is 1.73 bits per heavy atom. The summed E-state index contributed by atoms with van der Waals surface area (Å²) < 4.78 is 0. The zero-order valence-electron chi connectivity index (χ0n) is 14.1. The maximum atomic E-state index is 12.3. The van der Waals surface area contributed by atoms with Gasteiger partial charge in [-0.2, -0.15) is 0 Å². The SMILES string of the molecule is O=C(Nc1ccc(-c2csc(N3CCCC3)n2)cc1)c1ccc(Cl)cc1. The zero-order valence-corrected chi connectivity index (χ0v) is 15.7. The van der Waals surface area contributed by atoms with E-state index < -0.39 is 0 Å². The molecule has 1 amide bonds. The number of nitrogens with one attached hydrogen (secondary N) is 1. The van der Waals surface area contributed by atoms with Crippen LogP contribution in [0.25, 0.3) is 11.3 Å². The molecule has 1 aromatic heterocycles. The van der Waals surface area contributed by atoms with Gasteiger partial charge in [-0.25, -0.2) is 4.98 Å². The summed E-state index contributed by atoms with van der Waals surface area (Å²) in [6, 6.07) is 14.6. The van der Waals surface area contributed by atoms with E-state index in [1.165, 1.54) is 12.8 Å². The van der Waals surface area contributed by atoms with E-state index in [2.05, 4.69) is 15.6 Å². The van der Waals surface area contributed by atoms with Crippen LogP contribution >= 0.6 is 22.9 Å².